The Balaban J connectivity index is 1.81. The molecule has 0 amide bonds. The Kier molecular flexibility index (Phi) is 2.08. The second kappa shape index (κ2) is 3.85. The van der Waals surface area contributed by atoms with E-state index in [4.69, 9.17) is 0 Å². The van der Waals surface area contributed by atoms with Crippen molar-refractivity contribution in [1.82, 2.24) is 9.97 Å². The van der Waals surface area contributed by atoms with Gasteiger partial charge in [0.2, 0.25) is 0 Å². The first-order chi connectivity index (χ1) is 10.4. The van der Waals surface area contributed by atoms with Gasteiger partial charge in [-0.3, -0.25) is 0 Å². The molecule has 0 saturated carbocycles. The molecule has 2 aliphatic carbocycles. The highest BCUT2D eigenvalue weighted by Crippen LogP contribution is 2.58. The van der Waals surface area contributed by atoms with E-state index in [1.807, 2.05) is 6.33 Å². The molecule has 2 heteroatoms. The van der Waals surface area contributed by atoms with Gasteiger partial charge in [-0.15, -0.1) is 0 Å². The van der Waals surface area contributed by atoms with Crippen LogP contribution in [0.15, 0.2) is 61.1 Å². The molecule has 0 atom stereocenters. The lowest BCUT2D eigenvalue weighted by atomic mass is 9.74. The number of fused-ring (bicyclic) bond motifs is 5. The van der Waals surface area contributed by atoms with Crippen LogP contribution in [0.5, 0.6) is 0 Å². The van der Waals surface area contributed by atoms with E-state index in [9.17, 15) is 0 Å². The Bertz CT molecular complexity index is 768. The van der Waals surface area contributed by atoms with E-state index < -0.39 is 0 Å². The number of hydrogen-bond acceptors (Lipinski definition) is 1. The van der Waals surface area contributed by atoms with Crippen molar-refractivity contribution in [3.8, 4) is 0 Å². The summed E-state index contributed by atoms with van der Waals surface area (Å²) in [5, 5.41) is 0. The predicted octanol–water partition coefficient (Wildman–Crippen LogP) is 3.59. The van der Waals surface area contributed by atoms with Crippen LogP contribution in [0.1, 0.15) is 33.9 Å². The van der Waals surface area contributed by atoms with E-state index in [0.717, 1.165) is 12.8 Å². The molecule has 3 aromatic rings. The summed E-state index contributed by atoms with van der Waals surface area (Å²) in [6.07, 6.45) is 6.08. The van der Waals surface area contributed by atoms with Gasteiger partial charge in [-0.2, -0.15) is 0 Å². The number of aromatic amines is 1. The highest BCUT2D eigenvalue weighted by Gasteiger charge is 2.53. The number of imidazole rings is 1. The third-order valence-corrected chi connectivity index (χ3v) is 5.30. The third-order valence-electron chi connectivity index (χ3n) is 5.30. The average molecular weight is 272 g/mol. The molecule has 2 aliphatic rings. The fourth-order valence-electron chi connectivity index (χ4n) is 4.52. The first kappa shape index (κ1) is 11.3. The molecule has 0 radical (unpaired) electrons. The minimum atomic E-state index is 0.105. The van der Waals surface area contributed by atoms with E-state index in [2.05, 4.69) is 64.7 Å². The van der Waals surface area contributed by atoms with Crippen LogP contribution >= 0.6 is 0 Å². The lowest BCUT2D eigenvalue weighted by molar-refractivity contribution is 0.425. The lowest BCUT2D eigenvalue weighted by Gasteiger charge is -2.28. The Morgan fingerprint density at radius 3 is 2.10 bits per heavy atom. The average Bonchev–Trinajstić information content (AvgIpc) is 3.20. The van der Waals surface area contributed by atoms with Gasteiger partial charge in [0, 0.05) is 17.5 Å². The van der Waals surface area contributed by atoms with Gasteiger partial charge in [-0.25, -0.2) is 4.98 Å². The minimum Gasteiger partial charge on any atom is -0.351 e. The molecule has 0 saturated heterocycles. The smallest absolute Gasteiger partial charge is 0.0923 e. The monoisotopic (exact) mass is 272 g/mol. The zero-order valence-corrected chi connectivity index (χ0v) is 11.7. The summed E-state index contributed by atoms with van der Waals surface area (Å²) in [5.41, 5.74) is 7.27. The Morgan fingerprint density at radius 2 is 1.52 bits per heavy atom. The molecular weight excluding hydrogens is 256 g/mol. The fraction of sp³-hybridized carbons (Fsp3) is 0.211. The van der Waals surface area contributed by atoms with Crippen LogP contribution in [0.2, 0.25) is 0 Å². The summed E-state index contributed by atoms with van der Waals surface area (Å²) in [6, 6.07) is 17.8. The predicted molar refractivity (Wildman–Crippen MR) is 82.4 cm³/mol. The van der Waals surface area contributed by atoms with Crippen LogP contribution in [0.25, 0.3) is 0 Å². The molecule has 21 heavy (non-hydrogen) atoms. The van der Waals surface area contributed by atoms with Crippen molar-refractivity contribution in [1.29, 1.82) is 0 Å². The highest BCUT2D eigenvalue weighted by molar-refractivity contribution is 5.57. The normalized spacial score (nSPS) is 25.4. The first-order valence-electron chi connectivity index (χ1n) is 7.53. The number of benzene rings is 2. The number of H-pyrrole nitrogens is 1. The van der Waals surface area contributed by atoms with Gasteiger partial charge in [0.1, 0.15) is 0 Å². The number of nitrogens with zero attached hydrogens (tertiary/aromatic N) is 1. The van der Waals surface area contributed by atoms with Gasteiger partial charge in [0.05, 0.1) is 12.0 Å². The molecule has 102 valence electrons. The Morgan fingerprint density at radius 1 is 0.905 bits per heavy atom. The lowest BCUT2D eigenvalue weighted by Crippen LogP contribution is -2.29. The quantitative estimate of drug-likeness (QED) is 0.720. The fourth-order valence-corrected chi connectivity index (χ4v) is 4.52. The van der Waals surface area contributed by atoms with E-state index in [1.54, 1.807) is 0 Å². The van der Waals surface area contributed by atoms with Gasteiger partial charge >= 0.3 is 0 Å². The van der Waals surface area contributed by atoms with Gasteiger partial charge in [-0.1, -0.05) is 48.5 Å². The Labute approximate surface area is 123 Å². The van der Waals surface area contributed by atoms with Gasteiger partial charge in [0.15, 0.2) is 0 Å². The molecule has 1 heterocycles. The summed E-state index contributed by atoms with van der Waals surface area (Å²) in [4.78, 5) is 7.80. The van der Waals surface area contributed by atoms with Crippen LogP contribution in [-0.4, -0.2) is 9.97 Å². The molecule has 0 fully saturated rings. The van der Waals surface area contributed by atoms with E-state index in [-0.39, 0.29) is 5.41 Å². The Hall–Kier alpha value is -2.35. The van der Waals surface area contributed by atoms with Crippen molar-refractivity contribution in [2.45, 2.75) is 24.2 Å². The van der Waals surface area contributed by atoms with Crippen LogP contribution in [0.3, 0.4) is 0 Å². The molecule has 0 aliphatic heterocycles. The van der Waals surface area contributed by atoms with E-state index >= 15 is 0 Å². The maximum atomic E-state index is 4.64. The molecular formula is C19H16N2. The molecule has 1 aromatic heterocycles. The number of aromatic nitrogens is 2. The summed E-state index contributed by atoms with van der Waals surface area (Å²) in [5.74, 6) is 0.452. The SMILES string of the molecule is c1ccc2c(c1)CC1(c3c[nH]cn3)Cc3ccccc3C21. The van der Waals surface area contributed by atoms with Crippen molar-refractivity contribution >= 4 is 0 Å². The van der Waals surface area contributed by atoms with E-state index in [0.29, 0.717) is 5.92 Å². The zero-order chi connectivity index (χ0) is 13.9. The van der Waals surface area contributed by atoms with Gasteiger partial charge in [0.25, 0.3) is 0 Å². The number of rotatable bonds is 1. The first-order valence-corrected chi connectivity index (χ1v) is 7.53. The molecule has 1 N–H and O–H groups in total. The molecule has 0 spiro atoms. The molecule has 2 aromatic carbocycles. The largest absolute Gasteiger partial charge is 0.351 e. The van der Waals surface area contributed by atoms with Crippen molar-refractivity contribution in [3.63, 3.8) is 0 Å². The topological polar surface area (TPSA) is 28.7 Å². The summed E-state index contributed by atoms with van der Waals surface area (Å²) in [6.45, 7) is 0. The third kappa shape index (κ3) is 1.35. The molecule has 0 bridgehead atoms. The number of hydrogen-bond donors (Lipinski definition) is 1. The number of nitrogens with one attached hydrogen (secondary N) is 1. The summed E-state index contributed by atoms with van der Waals surface area (Å²) < 4.78 is 0. The second-order valence-electron chi connectivity index (χ2n) is 6.29. The molecule has 0 unspecified atom stereocenters. The van der Waals surface area contributed by atoms with E-state index in [1.165, 1.54) is 27.9 Å². The highest BCUT2D eigenvalue weighted by atomic mass is 14.9. The summed E-state index contributed by atoms with van der Waals surface area (Å²) >= 11 is 0. The maximum Gasteiger partial charge on any atom is 0.0923 e. The van der Waals surface area contributed by atoms with Crippen molar-refractivity contribution in [2.75, 3.05) is 0 Å². The van der Waals surface area contributed by atoms with Crippen molar-refractivity contribution in [2.24, 2.45) is 0 Å². The minimum absolute atomic E-state index is 0.105. The van der Waals surface area contributed by atoms with Crippen LogP contribution in [0.4, 0.5) is 0 Å². The van der Waals surface area contributed by atoms with Crippen LogP contribution < -0.4 is 0 Å². The summed E-state index contributed by atoms with van der Waals surface area (Å²) in [7, 11) is 0. The standard InChI is InChI=1S/C19H16N2/c1-3-7-15-13(5-1)9-19(17-11-20-12-21-17)10-14-6-2-4-8-16(14)18(15)19/h1-8,11-12,18H,9-10H2,(H,20,21). The van der Waals surface area contributed by atoms with Crippen molar-refractivity contribution in [3.05, 3.63) is 89.0 Å². The zero-order valence-electron chi connectivity index (χ0n) is 11.7. The molecule has 2 nitrogen and oxygen atoms in total. The molecule has 5 rings (SSSR count). The van der Waals surface area contributed by atoms with Crippen molar-refractivity contribution < 1.29 is 0 Å². The second-order valence-corrected chi connectivity index (χ2v) is 6.29. The van der Waals surface area contributed by atoms with Crippen LogP contribution in [-0.2, 0) is 18.3 Å². The van der Waals surface area contributed by atoms with Gasteiger partial charge in [-0.05, 0) is 35.1 Å². The van der Waals surface area contributed by atoms with Gasteiger partial charge < -0.3 is 4.98 Å². The maximum absolute atomic E-state index is 4.64. The van der Waals surface area contributed by atoms with Crippen LogP contribution in [0, 0.1) is 0 Å².